The lowest BCUT2D eigenvalue weighted by atomic mass is 9.99. The normalized spacial score (nSPS) is 14.4. The van der Waals surface area contributed by atoms with Gasteiger partial charge in [-0.1, -0.05) is 402 Å². The summed E-state index contributed by atoms with van der Waals surface area (Å²) in [5.41, 5.74) is 0. The van der Waals surface area contributed by atoms with E-state index in [9.17, 15) is 43.2 Å². The maximum absolute atomic E-state index is 13.1. The van der Waals surface area contributed by atoms with Crippen LogP contribution in [-0.4, -0.2) is 96.7 Å². The number of ether oxygens (including phenoxy) is 4. The molecule has 3 N–H and O–H groups in total. The molecule has 0 aliphatic carbocycles. The van der Waals surface area contributed by atoms with E-state index < -0.39 is 97.5 Å². The Hall–Kier alpha value is -1.94. The van der Waals surface area contributed by atoms with Gasteiger partial charge >= 0.3 is 39.5 Å². The molecule has 0 fully saturated rings. The topological polar surface area (TPSA) is 237 Å². The fraction of sp³-hybridized carbons (Fsp3) is 0.953. The van der Waals surface area contributed by atoms with Gasteiger partial charge in [-0.05, 0) is 43.4 Å². The Bertz CT molecular complexity index is 2030. The first-order valence-electron chi connectivity index (χ1n) is 44.4. The third kappa shape index (κ3) is 77.2. The molecule has 0 saturated heterocycles. The molecule has 0 aliphatic rings. The Balaban J connectivity index is 5.24. The highest BCUT2D eigenvalue weighted by molar-refractivity contribution is 7.47. The second kappa shape index (κ2) is 76.1. The second-order valence-corrected chi connectivity index (χ2v) is 34.8. The zero-order chi connectivity index (χ0) is 77.2. The summed E-state index contributed by atoms with van der Waals surface area (Å²) < 4.78 is 68.9. The number of phosphoric ester groups is 2. The lowest BCUT2D eigenvalue weighted by molar-refractivity contribution is -0.161. The number of unbranched alkanes of at least 4 members (excludes halogenated alkanes) is 50. The van der Waals surface area contributed by atoms with Gasteiger partial charge in [0.25, 0.3) is 0 Å². The van der Waals surface area contributed by atoms with Crippen molar-refractivity contribution >= 4 is 39.5 Å². The number of carbonyl (C=O) groups excluding carboxylic acids is 4. The fourth-order valence-corrected chi connectivity index (χ4v) is 14.9. The van der Waals surface area contributed by atoms with Crippen LogP contribution in [0, 0.1) is 17.8 Å². The summed E-state index contributed by atoms with van der Waals surface area (Å²) in [6, 6.07) is 0. The average Bonchev–Trinajstić information content (AvgIpc) is 0.941. The van der Waals surface area contributed by atoms with Gasteiger partial charge in [0.05, 0.1) is 26.4 Å². The molecule has 0 rings (SSSR count). The first kappa shape index (κ1) is 103. The molecule has 0 bridgehead atoms. The molecule has 0 aromatic rings. The van der Waals surface area contributed by atoms with Crippen LogP contribution in [0.3, 0.4) is 0 Å². The van der Waals surface area contributed by atoms with Crippen LogP contribution in [0.2, 0.25) is 0 Å². The zero-order valence-corrected chi connectivity index (χ0v) is 71.0. The van der Waals surface area contributed by atoms with E-state index in [4.69, 9.17) is 37.0 Å². The Morgan fingerprint density at radius 3 is 0.724 bits per heavy atom. The fourth-order valence-electron chi connectivity index (χ4n) is 13.3. The first-order chi connectivity index (χ1) is 50.8. The van der Waals surface area contributed by atoms with E-state index in [1.807, 2.05) is 0 Å². The predicted octanol–water partition coefficient (Wildman–Crippen LogP) is 26.1. The predicted molar refractivity (Wildman–Crippen MR) is 432 cm³/mol. The molecular weight excluding hydrogens is 1370 g/mol. The Morgan fingerprint density at radius 1 is 0.276 bits per heavy atom. The largest absolute Gasteiger partial charge is 0.472 e. The number of aliphatic hydroxyl groups excluding tert-OH is 1. The monoisotopic (exact) mass is 1540 g/mol. The van der Waals surface area contributed by atoms with Gasteiger partial charge in [0.1, 0.15) is 19.3 Å². The molecular formula is C86H168O17P2. The van der Waals surface area contributed by atoms with Crippen molar-refractivity contribution in [3.8, 4) is 0 Å². The van der Waals surface area contributed by atoms with Crippen LogP contribution in [-0.2, 0) is 65.4 Å². The second-order valence-electron chi connectivity index (χ2n) is 31.9. The molecule has 0 aliphatic heterocycles. The molecule has 0 amide bonds. The molecule has 624 valence electrons. The molecule has 19 heteroatoms. The van der Waals surface area contributed by atoms with Crippen molar-refractivity contribution in [3.05, 3.63) is 0 Å². The minimum Gasteiger partial charge on any atom is -0.462 e. The molecule has 0 aromatic carbocycles. The zero-order valence-electron chi connectivity index (χ0n) is 69.2. The van der Waals surface area contributed by atoms with Crippen molar-refractivity contribution in [1.29, 1.82) is 0 Å². The number of hydrogen-bond donors (Lipinski definition) is 3. The van der Waals surface area contributed by atoms with Crippen molar-refractivity contribution in [2.75, 3.05) is 39.6 Å². The molecule has 105 heavy (non-hydrogen) atoms. The molecule has 0 saturated carbocycles. The maximum Gasteiger partial charge on any atom is 0.472 e. The van der Waals surface area contributed by atoms with Crippen molar-refractivity contribution in [1.82, 2.24) is 0 Å². The highest BCUT2D eigenvalue weighted by Gasteiger charge is 2.30. The van der Waals surface area contributed by atoms with Crippen molar-refractivity contribution in [3.63, 3.8) is 0 Å². The lowest BCUT2D eigenvalue weighted by Crippen LogP contribution is -2.30. The molecule has 0 heterocycles. The van der Waals surface area contributed by atoms with Gasteiger partial charge in [0, 0.05) is 25.7 Å². The summed E-state index contributed by atoms with van der Waals surface area (Å²) in [7, 11) is -9.93. The molecule has 0 radical (unpaired) electrons. The number of aliphatic hydroxyl groups is 1. The molecule has 7 atom stereocenters. The van der Waals surface area contributed by atoms with Gasteiger partial charge in [-0.2, -0.15) is 0 Å². The van der Waals surface area contributed by atoms with E-state index in [-0.39, 0.29) is 25.7 Å². The van der Waals surface area contributed by atoms with Gasteiger partial charge in [-0.3, -0.25) is 37.3 Å². The number of rotatable bonds is 84. The highest BCUT2D eigenvalue weighted by atomic mass is 31.2. The quantitative estimate of drug-likeness (QED) is 0.0222. The van der Waals surface area contributed by atoms with Gasteiger partial charge < -0.3 is 33.8 Å². The van der Waals surface area contributed by atoms with E-state index >= 15 is 0 Å². The Kier molecular flexibility index (Phi) is 74.7. The van der Waals surface area contributed by atoms with Gasteiger partial charge in [0.2, 0.25) is 0 Å². The number of carbonyl (C=O) groups is 4. The summed E-state index contributed by atoms with van der Waals surface area (Å²) in [5.74, 6) is 0.376. The van der Waals surface area contributed by atoms with Gasteiger partial charge in [0.15, 0.2) is 12.2 Å². The van der Waals surface area contributed by atoms with E-state index in [1.165, 1.54) is 263 Å². The molecule has 0 spiro atoms. The van der Waals surface area contributed by atoms with E-state index in [1.54, 1.807) is 0 Å². The lowest BCUT2D eigenvalue weighted by Gasteiger charge is -2.21. The van der Waals surface area contributed by atoms with Crippen LogP contribution < -0.4 is 0 Å². The summed E-state index contributed by atoms with van der Waals surface area (Å²) in [5, 5.41) is 10.7. The standard InChI is InChI=1S/C86H168O17P2/c1-8-11-12-13-14-15-29-39-46-53-60-67-83(88)96-73-82(103-86(91)70-63-56-49-42-35-34-38-45-52-59-66-79(7)10-3)76-101-105(94,95)99-72-80(87)71-98-104(92,93)100-75-81(74-97-84(89)68-61-54-47-40-32-27-24-20-21-25-30-36-43-50-57-64-77(4)5)102-85(90)69-62-55-48-41-33-28-23-19-17-16-18-22-26-31-37-44-51-58-65-78(6)9-2/h77-82,87H,8-76H2,1-7H3,(H,92,93)(H,94,95)/t78?,79?,80-,81-,82-/m1/s1. The van der Waals surface area contributed by atoms with Gasteiger partial charge in [-0.15, -0.1) is 0 Å². The summed E-state index contributed by atoms with van der Waals surface area (Å²) in [6.07, 6.45) is 66.5. The minimum absolute atomic E-state index is 0.107. The van der Waals surface area contributed by atoms with Crippen LogP contribution in [0.5, 0.6) is 0 Å². The molecule has 4 unspecified atom stereocenters. The summed E-state index contributed by atoms with van der Waals surface area (Å²) in [6.45, 7) is 12.1. The number of phosphoric acid groups is 2. The Morgan fingerprint density at radius 2 is 0.486 bits per heavy atom. The number of hydrogen-bond acceptors (Lipinski definition) is 15. The van der Waals surface area contributed by atoms with Crippen LogP contribution in [0.25, 0.3) is 0 Å². The summed E-state index contributed by atoms with van der Waals surface area (Å²) >= 11 is 0. The smallest absolute Gasteiger partial charge is 0.462 e. The van der Waals surface area contributed by atoms with Crippen LogP contribution in [0.15, 0.2) is 0 Å². The molecule has 0 aromatic heterocycles. The van der Waals surface area contributed by atoms with Crippen molar-refractivity contribution in [2.45, 2.75) is 471 Å². The van der Waals surface area contributed by atoms with Crippen LogP contribution >= 0.6 is 15.6 Å². The van der Waals surface area contributed by atoms with E-state index in [0.29, 0.717) is 25.7 Å². The first-order valence-corrected chi connectivity index (χ1v) is 47.4. The summed E-state index contributed by atoms with van der Waals surface area (Å²) in [4.78, 5) is 73.2. The highest BCUT2D eigenvalue weighted by Crippen LogP contribution is 2.45. The van der Waals surface area contributed by atoms with E-state index in [0.717, 1.165) is 108 Å². The average molecular weight is 1540 g/mol. The SMILES string of the molecule is CCCCCCCCCCCCCC(=O)OC[C@H](COP(=O)(O)OC[C@H](O)COP(=O)(O)OC[C@@H](COC(=O)CCCCCCCCCCCCCCCCCC(C)C)OC(=O)CCCCCCCCCCCCCCCCCCCCC(C)CC)OC(=O)CCCCCCCCCCCCC(C)CC. The third-order valence-electron chi connectivity index (χ3n) is 20.9. The van der Waals surface area contributed by atoms with Crippen LogP contribution in [0.4, 0.5) is 0 Å². The van der Waals surface area contributed by atoms with Gasteiger partial charge in [-0.25, -0.2) is 9.13 Å². The number of esters is 4. The van der Waals surface area contributed by atoms with Crippen LogP contribution in [0.1, 0.15) is 453 Å². The molecule has 17 nitrogen and oxygen atoms in total. The maximum atomic E-state index is 13.1. The van der Waals surface area contributed by atoms with Crippen molar-refractivity contribution in [2.24, 2.45) is 17.8 Å². The van der Waals surface area contributed by atoms with E-state index in [2.05, 4.69) is 48.5 Å². The minimum atomic E-state index is -4.97. The third-order valence-corrected chi connectivity index (χ3v) is 22.8. The van der Waals surface area contributed by atoms with Crippen molar-refractivity contribution < 1.29 is 80.2 Å². The Labute approximate surface area is 645 Å².